The van der Waals surface area contributed by atoms with Crippen molar-refractivity contribution >= 4 is 17.7 Å². The van der Waals surface area contributed by atoms with Crippen molar-refractivity contribution in [2.45, 2.75) is 57.0 Å². The molecule has 16 heavy (non-hydrogen) atoms. The summed E-state index contributed by atoms with van der Waals surface area (Å²) < 4.78 is 4.70. The molecule has 1 fully saturated rings. The zero-order chi connectivity index (χ0) is 12.1. The minimum absolute atomic E-state index is 0.0859. The number of methoxy groups -OCH3 is 1. The van der Waals surface area contributed by atoms with E-state index in [2.05, 4.69) is 20.8 Å². The van der Waals surface area contributed by atoms with Crippen LogP contribution >= 0.6 is 11.8 Å². The first-order valence-corrected chi connectivity index (χ1v) is 7.19. The number of carbonyl (C=O) groups is 1. The maximum Gasteiger partial charge on any atom is 0.306 e. The number of ether oxygens (including phenoxy) is 1. The van der Waals surface area contributed by atoms with Crippen LogP contribution in [0.5, 0.6) is 0 Å². The number of rotatable bonds is 4. The maximum absolute atomic E-state index is 11.1. The first-order chi connectivity index (χ1) is 7.52. The van der Waals surface area contributed by atoms with E-state index in [0.717, 1.165) is 17.1 Å². The van der Waals surface area contributed by atoms with Crippen LogP contribution in [0.2, 0.25) is 0 Å². The Bertz CT molecular complexity index is 230. The van der Waals surface area contributed by atoms with Crippen LogP contribution in [0.1, 0.15) is 46.5 Å². The zero-order valence-corrected chi connectivity index (χ0v) is 11.7. The van der Waals surface area contributed by atoms with E-state index in [1.54, 1.807) is 0 Å². The van der Waals surface area contributed by atoms with Gasteiger partial charge in [-0.3, -0.25) is 4.79 Å². The predicted molar refractivity (Wildman–Crippen MR) is 69.7 cm³/mol. The highest BCUT2D eigenvalue weighted by molar-refractivity contribution is 8.00. The summed E-state index contributed by atoms with van der Waals surface area (Å²) in [7, 11) is 1.46. The van der Waals surface area contributed by atoms with Gasteiger partial charge in [-0.25, -0.2) is 0 Å². The minimum atomic E-state index is -0.0859. The fourth-order valence-corrected chi connectivity index (χ4v) is 3.89. The van der Waals surface area contributed by atoms with Gasteiger partial charge in [0.25, 0.3) is 0 Å². The molecule has 2 nitrogen and oxygen atoms in total. The van der Waals surface area contributed by atoms with Crippen LogP contribution in [0.25, 0.3) is 0 Å². The highest BCUT2D eigenvalue weighted by atomic mass is 32.2. The molecule has 94 valence electrons. The molecule has 0 saturated heterocycles. The second-order valence-electron chi connectivity index (χ2n) is 5.12. The predicted octanol–water partition coefficient (Wildman–Crippen LogP) is 3.50. The Kier molecular flexibility index (Phi) is 5.67. The van der Waals surface area contributed by atoms with Gasteiger partial charge in [-0.15, -0.1) is 0 Å². The topological polar surface area (TPSA) is 26.3 Å². The molecule has 0 aliphatic heterocycles. The fourth-order valence-electron chi connectivity index (χ4n) is 2.32. The van der Waals surface area contributed by atoms with Gasteiger partial charge in [0.1, 0.15) is 0 Å². The Morgan fingerprint density at radius 1 is 1.38 bits per heavy atom. The summed E-state index contributed by atoms with van der Waals surface area (Å²) in [6, 6.07) is 0. The van der Waals surface area contributed by atoms with Gasteiger partial charge in [-0.1, -0.05) is 20.8 Å². The number of esters is 1. The van der Waals surface area contributed by atoms with Gasteiger partial charge in [0, 0.05) is 10.5 Å². The van der Waals surface area contributed by atoms with Crippen molar-refractivity contribution in [2.75, 3.05) is 7.11 Å². The monoisotopic (exact) mass is 244 g/mol. The van der Waals surface area contributed by atoms with E-state index in [1.807, 2.05) is 11.8 Å². The lowest BCUT2D eigenvalue weighted by atomic mass is 9.81. The summed E-state index contributed by atoms with van der Waals surface area (Å²) in [5.41, 5.74) is 0. The van der Waals surface area contributed by atoms with Crippen molar-refractivity contribution in [1.82, 2.24) is 0 Å². The van der Waals surface area contributed by atoms with Crippen LogP contribution in [-0.4, -0.2) is 23.6 Å². The van der Waals surface area contributed by atoms with E-state index in [9.17, 15) is 4.79 Å². The number of thioether (sulfide) groups is 1. The normalized spacial score (nSPS) is 32.1. The van der Waals surface area contributed by atoms with Gasteiger partial charge in [0.2, 0.25) is 0 Å². The largest absolute Gasteiger partial charge is 0.469 e. The highest BCUT2D eigenvalue weighted by Gasteiger charge is 2.26. The molecular weight excluding hydrogens is 220 g/mol. The van der Waals surface area contributed by atoms with E-state index < -0.39 is 0 Å². The molecule has 1 aliphatic carbocycles. The minimum Gasteiger partial charge on any atom is -0.469 e. The third-order valence-electron chi connectivity index (χ3n) is 3.66. The van der Waals surface area contributed by atoms with Gasteiger partial charge in [-0.05, 0) is 31.1 Å². The van der Waals surface area contributed by atoms with Crippen molar-refractivity contribution in [3.63, 3.8) is 0 Å². The lowest BCUT2D eigenvalue weighted by molar-refractivity contribution is -0.140. The van der Waals surface area contributed by atoms with Crippen LogP contribution in [0.4, 0.5) is 0 Å². The smallest absolute Gasteiger partial charge is 0.306 e. The van der Waals surface area contributed by atoms with E-state index >= 15 is 0 Å². The van der Waals surface area contributed by atoms with Gasteiger partial charge in [0.05, 0.1) is 13.5 Å². The molecule has 1 rings (SSSR count). The van der Waals surface area contributed by atoms with Crippen LogP contribution in [0.3, 0.4) is 0 Å². The number of hydrogen-bond acceptors (Lipinski definition) is 3. The third-order valence-corrected chi connectivity index (χ3v) is 5.10. The second-order valence-corrected chi connectivity index (χ2v) is 6.86. The highest BCUT2D eigenvalue weighted by Crippen LogP contribution is 2.37. The molecule has 0 bridgehead atoms. The Morgan fingerprint density at radius 2 is 2.06 bits per heavy atom. The Hall–Kier alpha value is -0.180. The summed E-state index contributed by atoms with van der Waals surface area (Å²) >= 11 is 1.97. The lowest BCUT2D eigenvalue weighted by Crippen LogP contribution is -2.24. The van der Waals surface area contributed by atoms with Crippen LogP contribution < -0.4 is 0 Å². The van der Waals surface area contributed by atoms with E-state index in [-0.39, 0.29) is 5.97 Å². The van der Waals surface area contributed by atoms with Gasteiger partial charge >= 0.3 is 5.97 Å². The molecule has 1 saturated carbocycles. The summed E-state index contributed by atoms with van der Waals surface area (Å²) in [4.78, 5) is 11.1. The fraction of sp³-hybridized carbons (Fsp3) is 0.923. The molecule has 4 unspecified atom stereocenters. The molecule has 4 atom stereocenters. The van der Waals surface area contributed by atoms with Crippen molar-refractivity contribution in [3.8, 4) is 0 Å². The van der Waals surface area contributed by atoms with Gasteiger partial charge in [-0.2, -0.15) is 11.8 Å². The molecule has 0 aromatic carbocycles. The quantitative estimate of drug-likeness (QED) is 0.708. The zero-order valence-electron chi connectivity index (χ0n) is 10.9. The number of hydrogen-bond donors (Lipinski definition) is 0. The first-order valence-electron chi connectivity index (χ1n) is 6.25. The van der Waals surface area contributed by atoms with Gasteiger partial charge < -0.3 is 4.74 Å². The van der Waals surface area contributed by atoms with Gasteiger partial charge in [0.15, 0.2) is 0 Å². The number of carbonyl (C=O) groups excluding carboxylic acids is 1. The Morgan fingerprint density at radius 3 is 2.62 bits per heavy atom. The molecule has 0 aromatic heterocycles. The first kappa shape index (κ1) is 13.9. The third kappa shape index (κ3) is 4.36. The average molecular weight is 244 g/mol. The molecule has 0 heterocycles. The van der Waals surface area contributed by atoms with Crippen LogP contribution in [0.15, 0.2) is 0 Å². The van der Waals surface area contributed by atoms with Crippen molar-refractivity contribution in [1.29, 1.82) is 0 Å². The molecule has 3 heteroatoms. The van der Waals surface area contributed by atoms with Crippen LogP contribution in [0, 0.1) is 11.8 Å². The Balaban J connectivity index is 2.29. The second kappa shape index (κ2) is 6.53. The molecule has 0 amide bonds. The van der Waals surface area contributed by atoms with Crippen molar-refractivity contribution in [2.24, 2.45) is 11.8 Å². The Labute approximate surface area is 104 Å². The average Bonchev–Trinajstić information content (AvgIpc) is 2.23. The SMILES string of the molecule is COC(=O)CC(C)SC1CCC(C)C(C)C1. The molecule has 0 spiro atoms. The molecule has 1 aliphatic rings. The molecule has 0 aromatic rings. The van der Waals surface area contributed by atoms with E-state index in [0.29, 0.717) is 11.7 Å². The summed E-state index contributed by atoms with van der Waals surface area (Å²) in [5, 5.41) is 1.13. The summed E-state index contributed by atoms with van der Waals surface area (Å²) in [6.45, 7) is 6.83. The standard InChI is InChI=1S/C13H24O2S/c1-9-5-6-12(7-10(9)2)16-11(3)8-13(14)15-4/h9-12H,5-8H2,1-4H3. The van der Waals surface area contributed by atoms with Crippen molar-refractivity contribution < 1.29 is 9.53 Å². The van der Waals surface area contributed by atoms with E-state index in [4.69, 9.17) is 4.74 Å². The molecular formula is C13H24O2S. The van der Waals surface area contributed by atoms with Crippen molar-refractivity contribution in [3.05, 3.63) is 0 Å². The summed E-state index contributed by atoms with van der Waals surface area (Å²) in [5.74, 6) is 1.61. The van der Waals surface area contributed by atoms with E-state index in [1.165, 1.54) is 26.4 Å². The molecule has 0 N–H and O–H groups in total. The summed E-state index contributed by atoms with van der Waals surface area (Å²) in [6.07, 6.45) is 4.49. The van der Waals surface area contributed by atoms with Crippen LogP contribution in [-0.2, 0) is 9.53 Å². The molecule has 0 radical (unpaired) electrons. The lowest BCUT2D eigenvalue weighted by Gasteiger charge is -2.32. The maximum atomic E-state index is 11.1.